The smallest absolute Gasteiger partial charge is 0.142 e. The van der Waals surface area contributed by atoms with E-state index in [1.807, 2.05) is 45.2 Å². The van der Waals surface area contributed by atoms with Gasteiger partial charge in [-0.15, -0.1) is 0 Å². The number of nitrogens with zero attached hydrogens (tertiary/aromatic N) is 1. The van der Waals surface area contributed by atoms with Crippen LogP contribution in [0.15, 0.2) is 24.4 Å². The first-order valence-electron chi connectivity index (χ1n) is 3.86. The van der Waals surface area contributed by atoms with Crippen molar-refractivity contribution in [2.45, 2.75) is 26.4 Å². The Balaban J connectivity index is 2.91. The highest BCUT2D eigenvalue weighted by Gasteiger charge is 2.11. The summed E-state index contributed by atoms with van der Waals surface area (Å²) in [6.07, 6.45) is 1.81. The molecule has 1 rings (SSSR count). The number of hydrogen-bond donors (Lipinski definition) is 0. The molecule has 0 spiro atoms. The van der Waals surface area contributed by atoms with E-state index in [1.165, 1.54) is 0 Å². The van der Waals surface area contributed by atoms with E-state index in [0.29, 0.717) is 4.64 Å². The van der Waals surface area contributed by atoms with Gasteiger partial charge in [-0.1, -0.05) is 18.3 Å². The quantitative estimate of drug-likeness (QED) is 0.621. The zero-order valence-corrected chi connectivity index (χ0v) is 8.39. The van der Waals surface area contributed by atoms with E-state index < -0.39 is 0 Å². The minimum absolute atomic E-state index is 0.209. The van der Waals surface area contributed by atoms with Crippen LogP contribution in [0.25, 0.3) is 0 Å². The van der Waals surface area contributed by atoms with Crippen LogP contribution < -0.4 is 4.84 Å². The lowest BCUT2D eigenvalue weighted by Gasteiger charge is -2.21. The number of aromatic nitrogens is 1. The Hall–Kier alpha value is -0.830. The van der Waals surface area contributed by atoms with Gasteiger partial charge in [-0.25, -0.2) is 0 Å². The topological polar surface area (TPSA) is 14.2 Å². The second-order valence-corrected chi connectivity index (χ2v) is 3.99. The third-order valence-corrected chi connectivity index (χ3v) is 1.48. The lowest BCUT2D eigenvalue weighted by Crippen LogP contribution is -2.31. The van der Waals surface area contributed by atoms with Gasteiger partial charge in [0, 0.05) is 6.20 Å². The first kappa shape index (κ1) is 9.26. The molecule has 1 aromatic heterocycles. The third kappa shape index (κ3) is 2.66. The Morgan fingerprint density at radius 2 is 2.00 bits per heavy atom. The van der Waals surface area contributed by atoms with Gasteiger partial charge in [0.15, 0.2) is 0 Å². The van der Waals surface area contributed by atoms with E-state index in [2.05, 4.69) is 0 Å². The maximum absolute atomic E-state index is 5.54. The summed E-state index contributed by atoms with van der Waals surface area (Å²) >= 11 is 5.06. The van der Waals surface area contributed by atoms with Crippen molar-refractivity contribution in [3.05, 3.63) is 29.0 Å². The van der Waals surface area contributed by atoms with Crippen LogP contribution in [0.3, 0.4) is 0 Å². The zero-order valence-electron chi connectivity index (χ0n) is 7.57. The molecule has 0 aromatic carbocycles. The van der Waals surface area contributed by atoms with E-state index in [9.17, 15) is 0 Å². The first-order chi connectivity index (χ1) is 5.49. The molecule has 0 aliphatic heterocycles. The highest BCUT2D eigenvalue weighted by molar-refractivity contribution is 7.71. The second-order valence-electron chi connectivity index (χ2n) is 3.57. The molecule has 0 amide bonds. The van der Waals surface area contributed by atoms with Crippen molar-refractivity contribution in [1.82, 2.24) is 4.73 Å². The fourth-order valence-corrected chi connectivity index (χ4v) is 0.960. The Labute approximate surface area is 77.7 Å². The van der Waals surface area contributed by atoms with Crippen LogP contribution in [0.1, 0.15) is 20.8 Å². The van der Waals surface area contributed by atoms with Crippen LogP contribution in [0, 0.1) is 4.64 Å². The average molecular weight is 183 g/mol. The van der Waals surface area contributed by atoms with E-state index in [-0.39, 0.29) is 5.60 Å². The average Bonchev–Trinajstić information content (AvgIpc) is 1.91. The van der Waals surface area contributed by atoms with Gasteiger partial charge < -0.3 is 4.84 Å². The fraction of sp³-hybridized carbons (Fsp3) is 0.444. The molecular weight excluding hydrogens is 170 g/mol. The molecule has 1 heterocycles. The molecule has 3 heteroatoms. The molecule has 2 nitrogen and oxygen atoms in total. The van der Waals surface area contributed by atoms with Crippen molar-refractivity contribution in [2.24, 2.45) is 0 Å². The van der Waals surface area contributed by atoms with Crippen molar-refractivity contribution in [1.29, 1.82) is 0 Å². The number of hydrogen-bond acceptors (Lipinski definition) is 2. The Bertz CT molecular complexity index is 311. The van der Waals surface area contributed by atoms with E-state index in [4.69, 9.17) is 17.1 Å². The molecule has 0 radical (unpaired) electrons. The van der Waals surface area contributed by atoms with Crippen molar-refractivity contribution >= 4 is 12.2 Å². The molecule has 0 saturated carbocycles. The van der Waals surface area contributed by atoms with Crippen LogP contribution in [-0.4, -0.2) is 10.3 Å². The molecule has 0 unspecified atom stereocenters. The monoisotopic (exact) mass is 183 g/mol. The summed E-state index contributed by atoms with van der Waals surface area (Å²) in [4.78, 5) is 5.54. The predicted molar refractivity (Wildman–Crippen MR) is 51.6 cm³/mol. The van der Waals surface area contributed by atoms with Crippen LogP contribution >= 0.6 is 12.2 Å². The van der Waals surface area contributed by atoms with Gasteiger partial charge in [0.1, 0.15) is 10.2 Å². The number of rotatable bonds is 1. The molecule has 0 fully saturated rings. The van der Waals surface area contributed by atoms with Gasteiger partial charge in [-0.3, -0.25) is 0 Å². The maximum Gasteiger partial charge on any atom is 0.142 e. The molecule has 66 valence electrons. The Kier molecular flexibility index (Phi) is 2.52. The summed E-state index contributed by atoms with van der Waals surface area (Å²) in [5.74, 6) is 0. The normalized spacial score (nSPS) is 11.2. The van der Waals surface area contributed by atoms with E-state index >= 15 is 0 Å². The summed E-state index contributed by atoms with van der Waals surface area (Å²) in [5.41, 5.74) is -0.209. The summed E-state index contributed by atoms with van der Waals surface area (Å²) in [6, 6.07) is 5.62. The molecule has 0 atom stereocenters. The van der Waals surface area contributed by atoms with Crippen molar-refractivity contribution < 1.29 is 4.84 Å². The largest absolute Gasteiger partial charge is 0.407 e. The second kappa shape index (κ2) is 3.27. The zero-order chi connectivity index (χ0) is 9.19. The highest BCUT2D eigenvalue weighted by atomic mass is 32.1. The summed E-state index contributed by atoms with van der Waals surface area (Å²) in [6.45, 7) is 5.96. The minimum Gasteiger partial charge on any atom is -0.407 e. The molecule has 0 aliphatic rings. The molecule has 12 heavy (non-hydrogen) atoms. The van der Waals surface area contributed by atoms with Crippen molar-refractivity contribution in [2.75, 3.05) is 0 Å². The van der Waals surface area contributed by atoms with Gasteiger partial charge in [0.25, 0.3) is 0 Å². The predicted octanol–water partition coefficient (Wildman–Crippen LogP) is 2.44. The van der Waals surface area contributed by atoms with Gasteiger partial charge in [-0.05, 0) is 32.9 Å². The van der Waals surface area contributed by atoms with Gasteiger partial charge in [-0.2, -0.15) is 4.73 Å². The summed E-state index contributed by atoms with van der Waals surface area (Å²) in [5, 5.41) is 0. The molecule has 0 aliphatic carbocycles. The van der Waals surface area contributed by atoms with Gasteiger partial charge in [0.2, 0.25) is 0 Å². The van der Waals surface area contributed by atoms with Crippen molar-refractivity contribution in [3.63, 3.8) is 0 Å². The lowest BCUT2D eigenvalue weighted by molar-refractivity contribution is -0.0179. The molecule has 0 bridgehead atoms. The van der Waals surface area contributed by atoms with Crippen LogP contribution in [-0.2, 0) is 0 Å². The Morgan fingerprint density at radius 3 is 2.50 bits per heavy atom. The fourth-order valence-electron chi connectivity index (χ4n) is 0.783. The molecule has 0 N–H and O–H groups in total. The standard InChI is InChI=1S/C9H13NOS/c1-9(2,3)11-10-7-5-4-6-8(10)12/h4-7H,1-3H3. The van der Waals surface area contributed by atoms with Gasteiger partial charge in [0.05, 0.1) is 0 Å². The van der Waals surface area contributed by atoms with Gasteiger partial charge >= 0.3 is 0 Å². The van der Waals surface area contributed by atoms with Crippen LogP contribution in [0.4, 0.5) is 0 Å². The SMILES string of the molecule is CC(C)(C)On1ccccc1=S. The minimum atomic E-state index is -0.209. The first-order valence-corrected chi connectivity index (χ1v) is 4.27. The maximum atomic E-state index is 5.54. The molecule has 1 aromatic rings. The highest BCUT2D eigenvalue weighted by Crippen LogP contribution is 2.03. The van der Waals surface area contributed by atoms with Crippen LogP contribution in [0.5, 0.6) is 0 Å². The Morgan fingerprint density at radius 1 is 1.33 bits per heavy atom. The van der Waals surface area contributed by atoms with Crippen LogP contribution in [0.2, 0.25) is 0 Å². The third-order valence-electron chi connectivity index (χ3n) is 1.16. The summed E-state index contributed by atoms with van der Waals surface area (Å²) in [7, 11) is 0. The molecular formula is C9H13NOS. The summed E-state index contributed by atoms with van der Waals surface area (Å²) < 4.78 is 2.29. The van der Waals surface area contributed by atoms with E-state index in [1.54, 1.807) is 4.73 Å². The number of pyridine rings is 1. The molecule has 0 saturated heterocycles. The lowest BCUT2D eigenvalue weighted by atomic mass is 10.2. The van der Waals surface area contributed by atoms with Crippen molar-refractivity contribution in [3.8, 4) is 0 Å². The van der Waals surface area contributed by atoms with E-state index in [0.717, 1.165) is 0 Å².